The van der Waals surface area contributed by atoms with Gasteiger partial charge in [-0.25, -0.2) is 4.79 Å². The van der Waals surface area contributed by atoms with Crippen molar-refractivity contribution in [3.63, 3.8) is 0 Å². The lowest BCUT2D eigenvalue weighted by Gasteiger charge is -2.24. The fourth-order valence-electron chi connectivity index (χ4n) is 3.11. The van der Waals surface area contributed by atoms with Crippen LogP contribution in [0, 0.1) is 13.8 Å². The Balaban J connectivity index is 1.65. The summed E-state index contributed by atoms with van der Waals surface area (Å²) in [6, 6.07) is 0. The number of carbonyl (C=O) groups excluding carboxylic acids is 1. The summed E-state index contributed by atoms with van der Waals surface area (Å²) in [6.07, 6.45) is 2.58. The quantitative estimate of drug-likeness (QED) is 0.893. The van der Waals surface area contributed by atoms with Crippen LogP contribution in [-0.2, 0) is 11.3 Å². The molecular formula is C14H21N3O3. The molecule has 0 radical (unpaired) electrons. The van der Waals surface area contributed by atoms with Crippen LogP contribution in [0.4, 0.5) is 4.79 Å². The van der Waals surface area contributed by atoms with E-state index >= 15 is 0 Å². The van der Waals surface area contributed by atoms with Crippen molar-refractivity contribution in [3.8, 4) is 0 Å². The number of amides is 1. The van der Waals surface area contributed by atoms with Gasteiger partial charge in [-0.2, -0.15) is 0 Å². The summed E-state index contributed by atoms with van der Waals surface area (Å²) < 4.78 is 10.7. The van der Waals surface area contributed by atoms with Crippen LogP contribution in [0.1, 0.15) is 36.3 Å². The number of aryl methyl sites for hydroxylation is 2. The number of aromatic nitrogens is 1. The third-order valence-electron chi connectivity index (χ3n) is 4.42. The van der Waals surface area contributed by atoms with Crippen LogP contribution >= 0.6 is 0 Å². The summed E-state index contributed by atoms with van der Waals surface area (Å²) in [5.41, 5.74) is 1.86. The minimum Gasteiger partial charge on any atom is -0.441 e. The molecule has 2 aliphatic rings. The van der Waals surface area contributed by atoms with Crippen LogP contribution < -0.4 is 5.32 Å². The number of alkyl carbamates (subject to hydrolysis) is 1. The molecule has 2 saturated heterocycles. The summed E-state index contributed by atoms with van der Waals surface area (Å²) in [5.74, 6) is 0.899. The minimum atomic E-state index is -0.287. The molecule has 0 aliphatic carbocycles. The number of carbonyl (C=O) groups is 1. The molecule has 0 unspecified atom stereocenters. The van der Waals surface area contributed by atoms with Crippen LogP contribution in [0.3, 0.4) is 0 Å². The average molecular weight is 279 g/mol. The molecule has 1 amide bonds. The molecule has 6 heteroatoms. The van der Waals surface area contributed by atoms with Gasteiger partial charge < -0.3 is 14.6 Å². The van der Waals surface area contributed by atoms with E-state index in [4.69, 9.17) is 9.26 Å². The molecule has 20 heavy (non-hydrogen) atoms. The minimum absolute atomic E-state index is 0.274. The highest BCUT2D eigenvalue weighted by molar-refractivity contribution is 5.70. The topological polar surface area (TPSA) is 67.6 Å². The normalized spacial score (nSPS) is 27.4. The van der Waals surface area contributed by atoms with Gasteiger partial charge in [-0.15, -0.1) is 0 Å². The van der Waals surface area contributed by atoms with Crippen molar-refractivity contribution < 1.29 is 14.1 Å². The van der Waals surface area contributed by atoms with E-state index in [0.29, 0.717) is 6.54 Å². The summed E-state index contributed by atoms with van der Waals surface area (Å²) in [4.78, 5) is 13.7. The predicted molar refractivity (Wildman–Crippen MR) is 72.3 cm³/mol. The van der Waals surface area contributed by atoms with Crippen LogP contribution in [0.2, 0.25) is 0 Å². The zero-order chi connectivity index (χ0) is 14.2. The summed E-state index contributed by atoms with van der Waals surface area (Å²) in [7, 11) is 0. The van der Waals surface area contributed by atoms with E-state index in [0.717, 1.165) is 50.4 Å². The number of nitrogens with one attached hydrogen (secondary N) is 1. The molecular weight excluding hydrogens is 258 g/mol. The van der Waals surface area contributed by atoms with Crippen LogP contribution in [0.15, 0.2) is 4.52 Å². The Morgan fingerprint density at radius 1 is 1.35 bits per heavy atom. The van der Waals surface area contributed by atoms with Gasteiger partial charge in [0.15, 0.2) is 0 Å². The standard InChI is InChI=1S/C14H21N3O3/c1-10-12(11(2)20-16-10)8-17-6-3-4-14(5-7-17)9-15-13(18)19-14/h3-9H2,1-2H3,(H,15,18)/t14-/m0/s1. The van der Waals surface area contributed by atoms with Crippen LogP contribution in [-0.4, -0.2) is 41.4 Å². The third-order valence-corrected chi connectivity index (χ3v) is 4.42. The van der Waals surface area contributed by atoms with E-state index in [2.05, 4.69) is 15.4 Å². The molecule has 0 saturated carbocycles. The Morgan fingerprint density at radius 3 is 2.85 bits per heavy atom. The Hall–Kier alpha value is -1.56. The first kappa shape index (κ1) is 13.4. The second-order valence-corrected chi connectivity index (χ2v) is 5.86. The van der Waals surface area contributed by atoms with Gasteiger partial charge >= 0.3 is 6.09 Å². The van der Waals surface area contributed by atoms with E-state index in [-0.39, 0.29) is 11.7 Å². The summed E-state index contributed by atoms with van der Waals surface area (Å²) >= 11 is 0. The Morgan fingerprint density at radius 2 is 2.20 bits per heavy atom. The van der Waals surface area contributed by atoms with Crippen molar-refractivity contribution in [3.05, 3.63) is 17.0 Å². The first-order chi connectivity index (χ1) is 9.58. The van der Waals surface area contributed by atoms with Crippen LogP contribution in [0.25, 0.3) is 0 Å². The lowest BCUT2D eigenvalue weighted by Crippen LogP contribution is -2.34. The molecule has 2 aliphatic heterocycles. The van der Waals surface area contributed by atoms with Crippen molar-refractivity contribution in [2.75, 3.05) is 19.6 Å². The molecule has 3 heterocycles. The lowest BCUT2D eigenvalue weighted by molar-refractivity contribution is 0.0443. The maximum absolute atomic E-state index is 11.3. The van der Waals surface area contributed by atoms with Gasteiger partial charge in [-0.3, -0.25) is 4.90 Å². The fourth-order valence-corrected chi connectivity index (χ4v) is 3.11. The molecule has 1 atom stereocenters. The second kappa shape index (κ2) is 5.09. The average Bonchev–Trinajstić information content (AvgIpc) is 2.85. The maximum atomic E-state index is 11.3. The van der Waals surface area contributed by atoms with Gasteiger partial charge in [-0.05, 0) is 33.2 Å². The van der Waals surface area contributed by atoms with Gasteiger partial charge in [-0.1, -0.05) is 5.16 Å². The van der Waals surface area contributed by atoms with Crippen molar-refractivity contribution in [2.45, 2.75) is 45.3 Å². The van der Waals surface area contributed by atoms with Crippen molar-refractivity contribution in [2.24, 2.45) is 0 Å². The number of nitrogens with zero attached hydrogens (tertiary/aromatic N) is 2. The molecule has 0 aromatic carbocycles. The molecule has 110 valence electrons. The van der Waals surface area contributed by atoms with Gasteiger partial charge in [0.2, 0.25) is 0 Å². The molecule has 1 spiro atoms. The largest absolute Gasteiger partial charge is 0.441 e. The number of hydrogen-bond donors (Lipinski definition) is 1. The molecule has 1 aromatic rings. The Bertz CT molecular complexity index is 494. The number of ether oxygens (including phenoxy) is 1. The number of hydrogen-bond acceptors (Lipinski definition) is 5. The van der Waals surface area contributed by atoms with Crippen molar-refractivity contribution in [1.82, 2.24) is 15.4 Å². The summed E-state index contributed by atoms with van der Waals surface area (Å²) in [6.45, 7) is 7.39. The molecule has 6 nitrogen and oxygen atoms in total. The first-order valence-corrected chi connectivity index (χ1v) is 7.19. The highest BCUT2D eigenvalue weighted by atomic mass is 16.6. The third kappa shape index (κ3) is 2.52. The predicted octanol–water partition coefficient (Wildman–Crippen LogP) is 1.76. The smallest absolute Gasteiger partial charge is 0.407 e. The highest BCUT2D eigenvalue weighted by Crippen LogP contribution is 2.30. The van der Waals surface area contributed by atoms with E-state index in [1.54, 1.807) is 0 Å². The van der Waals surface area contributed by atoms with Gasteiger partial charge in [0.05, 0.1) is 12.2 Å². The van der Waals surface area contributed by atoms with Gasteiger partial charge in [0.1, 0.15) is 11.4 Å². The van der Waals surface area contributed by atoms with Crippen LogP contribution in [0.5, 0.6) is 0 Å². The SMILES string of the molecule is Cc1noc(C)c1CN1CCC[C@]2(CC1)CNC(=O)O2. The zero-order valence-electron chi connectivity index (χ0n) is 12.1. The monoisotopic (exact) mass is 279 g/mol. The fraction of sp³-hybridized carbons (Fsp3) is 0.714. The van der Waals surface area contributed by atoms with E-state index < -0.39 is 0 Å². The van der Waals surface area contributed by atoms with E-state index in [1.165, 1.54) is 5.56 Å². The second-order valence-electron chi connectivity index (χ2n) is 5.86. The van der Waals surface area contributed by atoms with E-state index in [1.807, 2.05) is 13.8 Å². The Labute approximate surface area is 118 Å². The Kier molecular flexibility index (Phi) is 3.41. The number of rotatable bonds is 2. The molecule has 0 bridgehead atoms. The van der Waals surface area contributed by atoms with Gasteiger partial charge in [0, 0.05) is 25.1 Å². The summed E-state index contributed by atoms with van der Waals surface area (Å²) in [5, 5.41) is 6.79. The van der Waals surface area contributed by atoms with Crippen molar-refractivity contribution >= 4 is 6.09 Å². The number of likely N-dealkylation sites (tertiary alicyclic amines) is 1. The van der Waals surface area contributed by atoms with Gasteiger partial charge in [0.25, 0.3) is 0 Å². The molecule has 3 rings (SSSR count). The van der Waals surface area contributed by atoms with Crippen molar-refractivity contribution in [1.29, 1.82) is 0 Å². The lowest BCUT2D eigenvalue weighted by atomic mass is 9.95. The van der Waals surface area contributed by atoms with E-state index in [9.17, 15) is 4.79 Å². The first-order valence-electron chi connectivity index (χ1n) is 7.19. The molecule has 1 N–H and O–H groups in total. The molecule has 1 aromatic heterocycles. The highest BCUT2D eigenvalue weighted by Gasteiger charge is 2.41. The maximum Gasteiger partial charge on any atom is 0.407 e. The zero-order valence-corrected chi connectivity index (χ0v) is 12.1. The molecule has 2 fully saturated rings.